The van der Waals surface area contributed by atoms with Crippen LogP contribution in [0.3, 0.4) is 0 Å². The summed E-state index contributed by atoms with van der Waals surface area (Å²) >= 11 is 0. The van der Waals surface area contributed by atoms with Gasteiger partial charge in [0.1, 0.15) is 0 Å². The summed E-state index contributed by atoms with van der Waals surface area (Å²) < 4.78 is 0. The van der Waals surface area contributed by atoms with Gasteiger partial charge in [0.05, 0.1) is 11.7 Å². The minimum Gasteiger partial charge on any atom is -0.390 e. The molecule has 0 atom stereocenters. The van der Waals surface area contributed by atoms with E-state index in [1.165, 1.54) is 6.92 Å². The maximum atomic E-state index is 9.09. The van der Waals surface area contributed by atoms with Gasteiger partial charge in [0.2, 0.25) is 0 Å². The van der Waals surface area contributed by atoms with Crippen LogP contribution in [0, 0.1) is 17.2 Å². The molecular formula is C8H17NO. The minimum absolute atomic E-state index is 0.354. The van der Waals surface area contributed by atoms with Crippen molar-refractivity contribution < 1.29 is 5.11 Å². The maximum Gasteiger partial charge on any atom is 0.0614 e. The van der Waals surface area contributed by atoms with E-state index in [-0.39, 0.29) is 0 Å². The van der Waals surface area contributed by atoms with Crippen LogP contribution < -0.4 is 0 Å². The van der Waals surface area contributed by atoms with Crippen molar-refractivity contribution in [3.05, 3.63) is 0 Å². The van der Waals surface area contributed by atoms with Gasteiger partial charge in [-0.25, -0.2) is 0 Å². The first-order valence-corrected chi connectivity index (χ1v) is 3.39. The number of hydrogen-bond donors (Lipinski definition) is 1. The second kappa shape index (κ2) is 5.25. The van der Waals surface area contributed by atoms with E-state index in [4.69, 9.17) is 10.4 Å². The highest BCUT2D eigenvalue weighted by atomic mass is 16.3. The van der Waals surface area contributed by atoms with Crippen LogP contribution in [0.1, 0.15) is 34.6 Å². The lowest BCUT2D eigenvalue weighted by Gasteiger charge is -2.21. The minimum atomic E-state index is -0.500. The highest BCUT2D eigenvalue weighted by molar-refractivity contribution is 4.67. The molecule has 0 bridgehead atoms. The molecule has 0 aliphatic carbocycles. The average Bonchev–Trinajstić information content (AvgIpc) is 1.64. The van der Waals surface area contributed by atoms with Gasteiger partial charge in [-0.15, -0.1) is 0 Å². The molecule has 10 heavy (non-hydrogen) atoms. The third kappa shape index (κ3) is 10.4. The third-order valence-corrected chi connectivity index (χ3v) is 1.41. The Balaban J connectivity index is 0. The number of hydrogen-bond acceptors (Lipinski definition) is 2. The first-order valence-electron chi connectivity index (χ1n) is 3.39. The summed E-state index contributed by atoms with van der Waals surface area (Å²) in [4.78, 5) is 0. The fraction of sp³-hybridized carbons (Fsp3) is 0.875. The van der Waals surface area contributed by atoms with E-state index >= 15 is 0 Å². The van der Waals surface area contributed by atoms with Crippen molar-refractivity contribution in [2.24, 2.45) is 5.92 Å². The van der Waals surface area contributed by atoms with Gasteiger partial charge in [0.25, 0.3) is 0 Å². The molecule has 0 radical (unpaired) electrons. The Kier molecular flexibility index (Phi) is 6.38. The largest absolute Gasteiger partial charge is 0.390 e. The monoisotopic (exact) mass is 143 g/mol. The molecule has 0 fully saturated rings. The van der Waals surface area contributed by atoms with E-state index in [1.807, 2.05) is 27.7 Å². The standard InChI is InChI=1S/C6H14O.C2H3N/c1-5(2)6(3,4)7;1-2-3/h5,7H,1-4H3;1H3. The first-order chi connectivity index (χ1) is 4.36. The Morgan fingerprint density at radius 3 is 1.50 bits per heavy atom. The second-order valence-corrected chi connectivity index (χ2v) is 3.03. The molecule has 2 nitrogen and oxygen atoms in total. The van der Waals surface area contributed by atoms with Crippen molar-refractivity contribution in [1.82, 2.24) is 0 Å². The molecule has 0 aromatic carbocycles. The third-order valence-electron chi connectivity index (χ3n) is 1.41. The van der Waals surface area contributed by atoms with Crippen LogP contribution in [0.2, 0.25) is 0 Å². The summed E-state index contributed by atoms with van der Waals surface area (Å²) in [6.07, 6.45) is 0. The lowest BCUT2D eigenvalue weighted by molar-refractivity contribution is 0.0327. The smallest absolute Gasteiger partial charge is 0.0614 e. The predicted molar refractivity (Wildman–Crippen MR) is 42.4 cm³/mol. The Morgan fingerprint density at radius 1 is 1.40 bits per heavy atom. The predicted octanol–water partition coefficient (Wildman–Crippen LogP) is 1.94. The summed E-state index contributed by atoms with van der Waals surface area (Å²) in [6, 6.07) is 1.75. The van der Waals surface area contributed by atoms with E-state index in [0.29, 0.717) is 5.92 Å². The lowest BCUT2D eigenvalue weighted by atomic mass is 9.95. The zero-order valence-corrected chi connectivity index (χ0v) is 7.47. The van der Waals surface area contributed by atoms with Crippen molar-refractivity contribution >= 4 is 0 Å². The molecule has 0 amide bonds. The number of aliphatic hydroxyl groups is 1. The molecule has 0 spiro atoms. The molecule has 0 rings (SSSR count). The highest BCUT2D eigenvalue weighted by Gasteiger charge is 2.16. The lowest BCUT2D eigenvalue weighted by Crippen LogP contribution is -2.25. The van der Waals surface area contributed by atoms with Gasteiger partial charge in [0, 0.05) is 6.92 Å². The SMILES string of the molecule is CC#N.CC(C)C(C)(C)O. The quantitative estimate of drug-likeness (QED) is 0.609. The van der Waals surface area contributed by atoms with Gasteiger partial charge in [-0.3, -0.25) is 0 Å². The van der Waals surface area contributed by atoms with Gasteiger partial charge in [-0.1, -0.05) is 13.8 Å². The van der Waals surface area contributed by atoms with Crippen LogP contribution in [0.15, 0.2) is 0 Å². The van der Waals surface area contributed by atoms with E-state index in [9.17, 15) is 0 Å². The highest BCUT2D eigenvalue weighted by Crippen LogP contribution is 2.12. The van der Waals surface area contributed by atoms with Gasteiger partial charge >= 0.3 is 0 Å². The zero-order chi connectivity index (χ0) is 8.78. The topological polar surface area (TPSA) is 44.0 Å². The molecule has 0 aliphatic heterocycles. The van der Waals surface area contributed by atoms with E-state index < -0.39 is 5.60 Å². The van der Waals surface area contributed by atoms with Crippen LogP contribution >= 0.6 is 0 Å². The molecule has 0 heterocycles. The van der Waals surface area contributed by atoms with Gasteiger partial charge in [0.15, 0.2) is 0 Å². The Hall–Kier alpha value is -0.550. The Bertz CT molecular complexity index is 105. The molecule has 60 valence electrons. The van der Waals surface area contributed by atoms with Crippen molar-refractivity contribution in [2.45, 2.75) is 40.2 Å². The molecular weight excluding hydrogens is 126 g/mol. The molecule has 0 aromatic rings. The van der Waals surface area contributed by atoms with Crippen LogP contribution in [-0.2, 0) is 0 Å². The zero-order valence-electron chi connectivity index (χ0n) is 7.47. The summed E-state index contributed by atoms with van der Waals surface area (Å²) in [5.74, 6) is 0.354. The molecule has 0 saturated heterocycles. The van der Waals surface area contributed by atoms with Gasteiger partial charge < -0.3 is 5.11 Å². The maximum absolute atomic E-state index is 9.09. The van der Waals surface area contributed by atoms with Gasteiger partial charge in [-0.2, -0.15) is 5.26 Å². The summed E-state index contributed by atoms with van der Waals surface area (Å²) in [7, 11) is 0. The number of nitriles is 1. The average molecular weight is 143 g/mol. The van der Waals surface area contributed by atoms with Crippen molar-refractivity contribution in [3.63, 3.8) is 0 Å². The molecule has 1 N–H and O–H groups in total. The fourth-order valence-electron chi connectivity index (χ4n) is 0. The normalized spacial score (nSPS) is 9.80. The molecule has 0 saturated carbocycles. The summed E-state index contributed by atoms with van der Waals surface area (Å²) in [6.45, 7) is 9.06. The Labute approximate surface area is 63.5 Å². The molecule has 0 aromatic heterocycles. The molecule has 2 heteroatoms. The summed E-state index contributed by atoms with van der Waals surface area (Å²) in [5, 5.41) is 16.4. The van der Waals surface area contributed by atoms with Crippen LogP contribution in [0.25, 0.3) is 0 Å². The Morgan fingerprint density at radius 2 is 1.50 bits per heavy atom. The van der Waals surface area contributed by atoms with E-state index in [2.05, 4.69) is 0 Å². The number of nitrogens with zero attached hydrogens (tertiary/aromatic N) is 1. The van der Waals surface area contributed by atoms with Crippen molar-refractivity contribution in [2.75, 3.05) is 0 Å². The van der Waals surface area contributed by atoms with E-state index in [1.54, 1.807) is 6.07 Å². The molecule has 0 aliphatic rings. The van der Waals surface area contributed by atoms with Crippen molar-refractivity contribution in [3.8, 4) is 6.07 Å². The van der Waals surface area contributed by atoms with E-state index in [0.717, 1.165) is 0 Å². The number of rotatable bonds is 1. The van der Waals surface area contributed by atoms with Crippen LogP contribution in [0.4, 0.5) is 0 Å². The van der Waals surface area contributed by atoms with Crippen LogP contribution in [-0.4, -0.2) is 10.7 Å². The van der Waals surface area contributed by atoms with Gasteiger partial charge in [-0.05, 0) is 19.8 Å². The first kappa shape index (κ1) is 12.2. The van der Waals surface area contributed by atoms with Crippen LogP contribution in [0.5, 0.6) is 0 Å². The second-order valence-electron chi connectivity index (χ2n) is 3.03. The fourth-order valence-corrected chi connectivity index (χ4v) is 0. The molecule has 0 unspecified atom stereocenters. The summed E-state index contributed by atoms with van der Waals surface area (Å²) in [5.41, 5.74) is -0.500. The van der Waals surface area contributed by atoms with Crippen molar-refractivity contribution in [1.29, 1.82) is 5.26 Å².